The topological polar surface area (TPSA) is 83.0 Å². The first kappa shape index (κ1) is 20.8. The second-order valence-electron chi connectivity index (χ2n) is 6.90. The Bertz CT molecular complexity index is 960. The number of amides is 1. The van der Waals surface area contributed by atoms with Crippen LogP contribution in [0.2, 0.25) is 5.02 Å². The molecule has 2 heterocycles. The number of aliphatic hydroxyl groups excluding tert-OH is 1. The number of carbonyl (C=O) groups is 2. The molecule has 29 heavy (non-hydrogen) atoms. The van der Waals surface area contributed by atoms with Crippen LogP contribution in [0.25, 0.3) is 5.76 Å². The molecule has 0 saturated carbocycles. The third-order valence-electron chi connectivity index (χ3n) is 4.72. The maximum Gasteiger partial charge on any atom is 0.295 e. The third kappa shape index (κ3) is 4.11. The second kappa shape index (κ2) is 8.63. The molecule has 1 fully saturated rings. The van der Waals surface area contributed by atoms with Crippen LogP contribution < -0.4 is 4.74 Å². The van der Waals surface area contributed by atoms with Crippen molar-refractivity contribution in [2.45, 2.75) is 6.04 Å². The van der Waals surface area contributed by atoms with Crippen LogP contribution in [0.15, 0.2) is 48.2 Å². The fourth-order valence-corrected chi connectivity index (χ4v) is 3.43. The van der Waals surface area contributed by atoms with Crippen LogP contribution in [0.4, 0.5) is 0 Å². The van der Waals surface area contributed by atoms with E-state index in [0.29, 0.717) is 24.5 Å². The summed E-state index contributed by atoms with van der Waals surface area (Å²) >= 11 is 6.26. The van der Waals surface area contributed by atoms with Crippen LogP contribution >= 0.6 is 11.6 Å². The van der Waals surface area contributed by atoms with E-state index in [1.165, 1.54) is 18.1 Å². The number of ether oxygens (including phenoxy) is 1. The number of Topliss-reactive ketones (excluding diaryl/α,β-unsaturated/α-hetero) is 1. The van der Waals surface area contributed by atoms with Crippen molar-refractivity contribution in [3.63, 3.8) is 0 Å². The molecule has 1 atom stereocenters. The van der Waals surface area contributed by atoms with E-state index >= 15 is 0 Å². The number of hydrogen-bond donors (Lipinski definition) is 1. The SMILES string of the molecule is COc1ccc(Cl)c(/C(O)=C2\C(=O)C(=O)N(CCN(C)C)C2c2ccccn2)c1. The number of likely N-dealkylation sites (tertiary alicyclic amines) is 1. The fraction of sp³-hybridized carbons (Fsp3) is 0.286. The molecule has 1 aliphatic heterocycles. The van der Waals surface area contributed by atoms with Gasteiger partial charge in [-0.3, -0.25) is 14.6 Å². The molecule has 1 N–H and O–H groups in total. The summed E-state index contributed by atoms with van der Waals surface area (Å²) in [5.74, 6) is -1.33. The average molecular weight is 416 g/mol. The van der Waals surface area contributed by atoms with Gasteiger partial charge in [0.25, 0.3) is 11.7 Å². The lowest BCUT2D eigenvalue weighted by Crippen LogP contribution is -2.35. The second-order valence-corrected chi connectivity index (χ2v) is 7.30. The molecule has 1 amide bonds. The van der Waals surface area contributed by atoms with Gasteiger partial charge in [-0.25, -0.2) is 0 Å². The van der Waals surface area contributed by atoms with E-state index in [1.54, 1.807) is 36.5 Å². The molecule has 3 rings (SSSR count). The van der Waals surface area contributed by atoms with Crippen molar-refractivity contribution in [1.82, 2.24) is 14.8 Å². The zero-order valence-electron chi connectivity index (χ0n) is 16.4. The molecule has 0 aliphatic carbocycles. The van der Waals surface area contributed by atoms with E-state index in [4.69, 9.17) is 16.3 Å². The number of nitrogens with zero attached hydrogens (tertiary/aromatic N) is 3. The first-order valence-corrected chi connectivity index (χ1v) is 9.41. The molecule has 0 radical (unpaired) electrons. The Hall–Kier alpha value is -2.90. The highest BCUT2D eigenvalue weighted by Crippen LogP contribution is 2.40. The third-order valence-corrected chi connectivity index (χ3v) is 5.05. The number of benzene rings is 1. The van der Waals surface area contributed by atoms with Gasteiger partial charge in [-0.2, -0.15) is 0 Å². The van der Waals surface area contributed by atoms with Crippen molar-refractivity contribution in [1.29, 1.82) is 0 Å². The maximum absolute atomic E-state index is 12.9. The summed E-state index contributed by atoms with van der Waals surface area (Å²) in [4.78, 5) is 33.4. The molecule has 8 heteroatoms. The summed E-state index contributed by atoms with van der Waals surface area (Å²) in [7, 11) is 5.24. The van der Waals surface area contributed by atoms with E-state index in [2.05, 4.69) is 4.98 Å². The molecule has 1 saturated heterocycles. The number of aromatic nitrogens is 1. The van der Waals surface area contributed by atoms with Crippen LogP contribution in [-0.4, -0.2) is 65.9 Å². The molecule has 1 aromatic heterocycles. The molecule has 1 aromatic carbocycles. The number of halogens is 1. The summed E-state index contributed by atoms with van der Waals surface area (Å²) in [5, 5.41) is 11.3. The van der Waals surface area contributed by atoms with Crippen molar-refractivity contribution >= 4 is 29.1 Å². The lowest BCUT2D eigenvalue weighted by Gasteiger charge is -2.25. The molecule has 1 aliphatic rings. The van der Waals surface area contributed by atoms with Crippen LogP contribution in [0, 0.1) is 0 Å². The Kier molecular flexibility index (Phi) is 6.20. The summed E-state index contributed by atoms with van der Waals surface area (Å²) in [5.41, 5.74) is 0.672. The predicted octanol–water partition coefficient (Wildman–Crippen LogP) is 2.73. The van der Waals surface area contributed by atoms with Gasteiger partial charge in [0, 0.05) is 24.8 Å². The Balaban J connectivity index is 2.18. The molecule has 0 spiro atoms. The first-order valence-electron chi connectivity index (χ1n) is 9.03. The molecule has 1 unspecified atom stereocenters. The maximum atomic E-state index is 12.9. The van der Waals surface area contributed by atoms with E-state index in [-0.39, 0.29) is 21.9 Å². The van der Waals surface area contributed by atoms with Crippen molar-refractivity contribution in [2.75, 3.05) is 34.3 Å². The normalized spacial score (nSPS) is 18.5. The fourth-order valence-electron chi connectivity index (χ4n) is 3.22. The van der Waals surface area contributed by atoms with Gasteiger partial charge in [0.2, 0.25) is 0 Å². The van der Waals surface area contributed by atoms with Crippen molar-refractivity contribution in [3.8, 4) is 5.75 Å². The van der Waals surface area contributed by atoms with Gasteiger partial charge in [-0.15, -0.1) is 0 Å². The highest BCUT2D eigenvalue weighted by molar-refractivity contribution is 6.47. The highest BCUT2D eigenvalue weighted by Gasteiger charge is 2.46. The summed E-state index contributed by atoms with van der Waals surface area (Å²) in [6, 6.07) is 9.16. The number of carbonyl (C=O) groups excluding carboxylic acids is 2. The van der Waals surface area contributed by atoms with Crippen molar-refractivity contribution in [2.24, 2.45) is 0 Å². The predicted molar refractivity (Wildman–Crippen MR) is 110 cm³/mol. The van der Waals surface area contributed by atoms with Gasteiger partial charge in [-0.1, -0.05) is 17.7 Å². The zero-order chi connectivity index (χ0) is 21.1. The minimum absolute atomic E-state index is 0.0393. The lowest BCUT2D eigenvalue weighted by molar-refractivity contribution is -0.140. The van der Waals surface area contributed by atoms with E-state index < -0.39 is 17.7 Å². The van der Waals surface area contributed by atoms with Gasteiger partial charge in [-0.05, 0) is 44.4 Å². The van der Waals surface area contributed by atoms with Gasteiger partial charge < -0.3 is 19.6 Å². The number of ketones is 1. The van der Waals surface area contributed by atoms with E-state index in [9.17, 15) is 14.7 Å². The van der Waals surface area contributed by atoms with Crippen LogP contribution in [0.3, 0.4) is 0 Å². The number of rotatable bonds is 6. The standard InChI is InChI=1S/C21H22ClN3O4/c1-24(2)10-11-25-18(16-6-4-5-9-23-16)17(20(27)21(25)28)19(26)14-12-13(29-3)7-8-15(14)22/h4-9,12,18,26H,10-11H2,1-3H3/b19-17+. The monoisotopic (exact) mass is 415 g/mol. The minimum atomic E-state index is -0.807. The van der Waals surface area contributed by atoms with Gasteiger partial charge in [0.15, 0.2) is 0 Å². The van der Waals surface area contributed by atoms with Gasteiger partial charge in [0.1, 0.15) is 17.6 Å². The molecule has 152 valence electrons. The van der Waals surface area contributed by atoms with Crippen LogP contribution in [-0.2, 0) is 9.59 Å². The number of hydrogen-bond acceptors (Lipinski definition) is 6. The summed E-state index contributed by atoms with van der Waals surface area (Å²) < 4.78 is 5.20. The van der Waals surface area contributed by atoms with Crippen molar-refractivity contribution in [3.05, 3.63) is 64.4 Å². The number of aliphatic hydroxyl groups is 1. The van der Waals surface area contributed by atoms with Gasteiger partial charge >= 0.3 is 0 Å². The number of likely N-dealkylation sites (N-methyl/N-ethyl adjacent to an activating group) is 1. The van der Waals surface area contributed by atoms with Crippen molar-refractivity contribution < 1.29 is 19.4 Å². The van der Waals surface area contributed by atoms with Crippen LogP contribution in [0.5, 0.6) is 5.75 Å². The van der Waals surface area contributed by atoms with Gasteiger partial charge in [0.05, 0.1) is 23.4 Å². The molecular weight excluding hydrogens is 394 g/mol. The summed E-state index contributed by atoms with van der Waals surface area (Å²) in [6.45, 7) is 0.859. The smallest absolute Gasteiger partial charge is 0.295 e. The largest absolute Gasteiger partial charge is 0.507 e. The average Bonchev–Trinajstić information content (AvgIpc) is 2.97. The van der Waals surface area contributed by atoms with Crippen LogP contribution in [0.1, 0.15) is 17.3 Å². The molecule has 7 nitrogen and oxygen atoms in total. The highest BCUT2D eigenvalue weighted by atomic mass is 35.5. The minimum Gasteiger partial charge on any atom is -0.507 e. The Morgan fingerprint density at radius 2 is 2.03 bits per heavy atom. The lowest BCUT2D eigenvalue weighted by atomic mass is 9.98. The molecular formula is C21H22ClN3O4. The van der Waals surface area contributed by atoms with E-state index in [0.717, 1.165) is 0 Å². The number of methoxy groups -OCH3 is 1. The Labute approximate surface area is 174 Å². The quantitative estimate of drug-likeness (QED) is 0.443. The molecule has 0 bridgehead atoms. The first-order chi connectivity index (χ1) is 13.8. The van der Waals surface area contributed by atoms with E-state index in [1.807, 2.05) is 19.0 Å². The number of pyridine rings is 1. The zero-order valence-corrected chi connectivity index (χ0v) is 17.2. The molecule has 2 aromatic rings. The Morgan fingerprint density at radius 3 is 2.66 bits per heavy atom. The summed E-state index contributed by atoms with van der Waals surface area (Å²) in [6.07, 6.45) is 1.58. The Morgan fingerprint density at radius 1 is 1.28 bits per heavy atom.